The number of nitrogens with zero attached hydrogens (tertiary/aromatic N) is 2. The normalized spacial score (nSPS) is 15.9. The van der Waals surface area contributed by atoms with Crippen LogP contribution in [0.25, 0.3) is 0 Å². The summed E-state index contributed by atoms with van der Waals surface area (Å²) in [6, 6.07) is 13.6. The zero-order valence-electron chi connectivity index (χ0n) is 16.1. The maximum Gasteiger partial charge on any atom is 0.309 e. The van der Waals surface area contributed by atoms with Crippen LogP contribution in [0.2, 0.25) is 0 Å². The van der Waals surface area contributed by atoms with Crippen molar-refractivity contribution in [1.82, 2.24) is 4.90 Å². The molecule has 29 heavy (non-hydrogen) atoms. The molecular weight excluding hydrogens is 395 g/mol. The summed E-state index contributed by atoms with van der Waals surface area (Å²) >= 11 is 0. The predicted octanol–water partition coefficient (Wildman–Crippen LogP) is 3.24. The highest BCUT2D eigenvalue weighted by atomic mass is 32.2. The molecule has 1 aliphatic rings. The van der Waals surface area contributed by atoms with Gasteiger partial charge in [-0.05, 0) is 44.0 Å². The Morgan fingerprint density at radius 2 is 1.72 bits per heavy atom. The maximum absolute atomic E-state index is 13.2. The van der Waals surface area contributed by atoms with Crippen LogP contribution in [0, 0.1) is 11.7 Å². The van der Waals surface area contributed by atoms with Crippen LogP contribution in [-0.2, 0) is 19.6 Å². The van der Waals surface area contributed by atoms with Crippen LogP contribution in [0.4, 0.5) is 4.39 Å². The Morgan fingerprint density at radius 1 is 1.10 bits per heavy atom. The molecule has 0 atom stereocenters. The number of rotatable bonds is 5. The summed E-state index contributed by atoms with van der Waals surface area (Å²) < 4.78 is 48.0. The molecule has 6 nitrogen and oxygen atoms in total. The average Bonchev–Trinajstić information content (AvgIpc) is 2.73. The lowest BCUT2D eigenvalue weighted by molar-refractivity contribution is -0.149. The van der Waals surface area contributed by atoms with Gasteiger partial charge in [-0.15, -0.1) is 4.40 Å². The second kappa shape index (κ2) is 9.17. The number of hydrogen-bond donors (Lipinski definition) is 0. The predicted molar refractivity (Wildman–Crippen MR) is 107 cm³/mol. The Morgan fingerprint density at radius 3 is 2.31 bits per heavy atom. The van der Waals surface area contributed by atoms with E-state index in [1.165, 1.54) is 12.1 Å². The van der Waals surface area contributed by atoms with Gasteiger partial charge < -0.3 is 9.64 Å². The SMILES string of the molecule is CCOC(=O)C1CCN(/C(=N/S(=O)(=O)c2ccc(F)cc2)c2ccccc2)CC1. The van der Waals surface area contributed by atoms with Crippen LogP contribution in [-0.4, -0.2) is 44.8 Å². The van der Waals surface area contributed by atoms with Crippen LogP contribution in [0.3, 0.4) is 0 Å². The standard InChI is InChI=1S/C21H23FN2O4S/c1-2-28-21(25)17-12-14-24(15-13-17)20(16-6-4-3-5-7-16)23-29(26,27)19-10-8-18(22)9-11-19/h3-11,17H,2,12-15H2,1H3/b23-20+. The van der Waals surface area contributed by atoms with Crippen molar-refractivity contribution in [3.8, 4) is 0 Å². The fourth-order valence-electron chi connectivity index (χ4n) is 3.24. The number of carbonyl (C=O) groups excluding carboxylic acids is 1. The summed E-state index contributed by atoms with van der Waals surface area (Å²) in [6.07, 6.45) is 1.11. The summed E-state index contributed by atoms with van der Waals surface area (Å²) in [6.45, 7) is 3.07. The molecule has 1 fully saturated rings. The molecule has 0 saturated carbocycles. The van der Waals surface area contributed by atoms with E-state index in [1.807, 2.05) is 11.0 Å². The fraction of sp³-hybridized carbons (Fsp3) is 0.333. The van der Waals surface area contributed by atoms with Crippen molar-refractivity contribution in [2.24, 2.45) is 10.3 Å². The van der Waals surface area contributed by atoms with Crippen molar-refractivity contribution in [2.45, 2.75) is 24.7 Å². The molecule has 8 heteroatoms. The monoisotopic (exact) mass is 418 g/mol. The number of likely N-dealkylation sites (tertiary alicyclic amines) is 1. The first-order valence-electron chi connectivity index (χ1n) is 9.48. The van der Waals surface area contributed by atoms with Gasteiger partial charge >= 0.3 is 5.97 Å². The first-order chi connectivity index (χ1) is 13.9. The highest BCUT2D eigenvalue weighted by Crippen LogP contribution is 2.23. The number of hydrogen-bond acceptors (Lipinski definition) is 4. The molecule has 1 heterocycles. The zero-order valence-corrected chi connectivity index (χ0v) is 16.9. The molecule has 0 radical (unpaired) electrons. The minimum atomic E-state index is -4.02. The number of benzene rings is 2. The maximum atomic E-state index is 13.2. The highest BCUT2D eigenvalue weighted by molar-refractivity contribution is 7.90. The molecule has 3 rings (SSSR count). The Hall–Kier alpha value is -2.74. The zero-order chi connectivity index (χ0) is 20.9. The van der Waals surface area contributed by atoms with E-state index in [0.29, 0.717) is 43.9 Å². The lowest BCUT2D eigenvalue weighted by atomic mass is 9.96. The van der Waals surface area contributed by atoms with Crippen LogP contribution < -0.4 is 0 Å². The molecule has 154 valence electrons. The van der Waals surface area contributed by atoms with Crippen LogP contribution in [0.1, 0.15) is 25.3 Å². The van der Waals surface area contributed by atoms with Gasteiger partial charge in [0.25, 0.3) is 10.0 Å². The molecule has 0 N–H and O–H groups in total. The van der Waals surface area contributed by atoms with Crippen molar-refractivity contribution in [2.75, 3.05) is 19.7 Å². The minimum absolute atomic E-state index is 0.0752. The van der Waals surface area contributed by atoms with Crippen LogP contribution >= 0.6 is 0 Å². The third kappa shape index (κ3) is 5.20. The molecular formula is C21H23FN2O4S. The van der Waals surface area contributed by atoms with Crippen LogP contribution in [0.5, 0.6) is 0 Å². The number of sulfonamides is 1. The second-order valence-corrected chi connectivity index (χ2v) is 8.33. The minimum Gasteiger partial charge on any atom is -0.466 e. The Labute approximate surface area is 170 Å². The van der Waals surface area contributed by atoms with Gasteiger partial charge in [0.2, 0.25) is 0 Å². The van der Waals surface area contributed by atoms with Gasteiger partial charge in [-0.25, -0.2) is 4.39 Å². The number of esters is 1. The van der Waals surface area contributed by atoms with Gasteiger partial charge in [0, 0.05) is 18.7 Å². The number of halogens is 1. The van der Waals surface area contributed by atoms with E-state index in [4.69, 9.17) is 4.74 Å². The van der Waals surface area contributed by atoms with Crippen molar-refractivity contribution >= 4 is 21.8 Å². The molecule has 0 bridgehead atoms. The number of piperidine rings is 1. The largest absolute Gasteiger partial charge is 0.466 e. The van der Waals surface area contributed by atoms with Crippen molar-refractivity contribution < 1.29 is 22.3 Å². The van der Waals surface area contributed by atoms with Crippen LogP contribution in [0.15, 0.2) is 63.9 Å². The third-order valence-electron chi connectivity index (χ3n) is 4.76. The Balaban J connectivity index is 1.90. The van der Waals surface area contributed by atoms with Gasteiger partial charge in [-0.3, -0.25) is 4.79 Å². The van der Waals surface area contributed by atoms with Gasteiger partial charge in [0.1, 0.15) is 11.7 Å². The summed E-state index contributed by atoms with van der Waals surface area (Å²) in [5.74, 6) is -0.615. The first kappa shape index (κ1) is 21.0. The van der Waals surface area contributed by atoms with E-state index in [1.54, 1.807) is 31.2 Å². The summed E-state index contributed by atoms with van der Waals surface area (Å²) in [5.41, 5.74) is 0.660. The summed E-state index contributed by atoms with van der Waals surface area (Å²) in [5, 5.41) is 0. The number of amidine groups is 1. The first-order valence-corrected chi connectivity index (χ1v) is 10.9. The lowest BCUT2D eigenvalue weighted by Gasteiger charge is -2.33. The molecule has 0 aromatic heterocycles. The molecule has 0 amide bonds. The molecule has 1 saturated heterocycles. The topological polar surface area (TPSA) is 76.0 Å². The Bertz CT molecular complexity index is 968. The summed E-state index contributed by atoms with van der Waals surface area (Å²) in [7, 11) is -4.02. The number of ether oxygens (including phenoxy) is 1. The van der Waals surface area contributed by atoms with E-state index >= 15 is 0 Å². The van der Waals surface area contributed by atoms with Gasteiger partial charge in [0.15, 0.2) is 0 Å². The quantitative estimate of drug-likeness (QED) is 0.423. The lowest BCUT2D eigenvalue weighted by Crippen LogP contribution is -2.41. The molecule has 0 spiro atoms. The average molecular weight is 418 g/mol. The van der Waals surface area contributed by atoms with E-state index in [9.17, 15) is 17.6 Å². The van der Waals surface area contributed by atoms with Crippen molar-refractivity contribution in [3.63, 3.8) is 0 Å². The molecule has 0 unspecified atom stereocenters. The van der Waals surface area contributed by atoms with Gasteiger partial charge in [-0.1, -0.05) is 30.3 Å². The molecule has 2 aromatic carbocycles. The smallest absolute Gasteiger partial charge is 0.309 e. The Kier molecular flexibility index (Phi) is 6.64. The fourth-order valence-corrected chi connectivity index (χ4v) is 4.27. The van der Waals surface area contributed by atoms with Crippen molar-refractivity contribution in [3.05, 3.63) is 66.0 Å². The number of carbonyl (C=O) groups is 1. The molecule has 2 aromatic rings. The van der Waals surface area contributed by atoms with E-state index in [2.05, 4.69) is 4.40 Å². The van der Waals surface area contributed by atoms with Crippen molar-refractivity contribution in [1.29, 1.82) is 0 Å². The van der Waals surface area contributed by atoms with E-state index in [0.717, 1.165) is 12.1 Å². The second-order valence-electron chi connectivity index (χ2n) is 6.72. The highest BCUT2D eigenvalue weighted by Gasteiger charge is 2.29. The van der Waals surface area contributed by atoms with Gasteiger partial charge in [-0.2, -0.15) is 8.42 Å². The third-order valence-corrected chi connectivity index (χ3v) is 6.05. The molecule has 0 aliphatic carbocycles. The van der Waals surface area contributed by atoms with E-state index < -0.39 is 15.8 Å². The summed E-state index contributed by atoms with van der Waals surface area (Å²) in [4.78, 5) is 13.8. The molecule has 1 aliphatic heterocycles. The van der Waals surface area contributed by atoms with E-state index in [-0.39, 0.29) is 16.8 Å². The van der Waals surface area contributed by atoms with Gasteiger partial charge in [0.05, 0.1) is 17.4 Å².